The lowest BCUT2D eigenvalue weighted by atomic mass is 9.98. The first-order valence-electron chi connectivity index (χ1n) is 9.71. The van der Waals surface area contributed by atoms with E-state index >= 15 is 0 Å². The van der Waals surface area contributed by atoms with Crippen molar-refractivity contribution in [3.63, 3.8) is 0 Å². The van der Waals surface area contributed by atoms with E-state index < -0.39 is 18.1 Å². The van der Waals surface area contributed by atoms with Crippen LogP contribution in [0.15, 0.2) is 75.7 Å². The highest BCUT2D eigenvalue weighted by Gasteiger charge is 2.29. The Bertz CT molecular complexity index is 1080. The first-order valence-corrected chi connectivity index (χ1v) is 11.3. The predicted octanol–water partition coefficient (Wildman–Crippen LogP) is 5.75. The molecule has 0 unspecified atom stereocenters. The number of hydrogen-bond acceptors (Lipinski definition) is 3. The van der Waals surface area contributed by atoms with E-state index in [4.69, 9.17) is 4.74 Å². The zero-order valence-corrected chi connectivity index (χ0v) is 19.5. The van der Waals surface area contributed by atoms with Gasteiger partial charge in [-0.25, -0.2) is 9.59 Å². The lowest BCUT2D eigenvalue weighted by molar-refractivity contribution is -0.139. The van der Waals surface area contributed by atoms with E-state index in [2.05, 4.69) is 49.3 Å². The van der Waals surface area contributed by atoms with E-state index in [1.165, 1.54) is 0 Å². The zero-order chi connectivity index (χ0) is 22.0. The molecule has 1 amide bonds. The van der Waals surface area contributed by atoms with Gasteiger partial charge in [-0.3, -0.25) is 0 Å². The Kier molecular flexibility index (Phi) is 6.43. The van der Waals surface area contributed by atoms with Crippen LogP contribution in [-0.2, 0) is 16.0 Å². The number of carbonyl (C=O) groups is 2. The summed E-state index contributed by atoms with van der Waals surface area (Å²) < 4.78 is 7.12. The van der Waals surface area contributed by atoms with Gasteiger partial charge < -0.3 is 15.2 Å². The maximum Gasteiger partial charge on any atom is 0.407 e. The highest BCUT2D eigenvalue weighted by molar-refractivity contribution is 9.11. The fourth-order valence-corrected chi connectivity index (χ4v) is 5.34. The van der Waals surface area contributed by atoms with Crippen LogP contribution in [0.25, 0.3) is 11.1 Å². The summed E-state index contributed by atoms with van der Waals surface area (Å²) in [5.74, 6) is -1.20. The van der Waals surface area contributed by atoms with Gasteiger partial charge in [0.25, 0.3) is 0 Å². The van der Waals surface area contributed by atoms with Gasteiger partial charge in [-0.1, -0.05) is 80.4 Å². The van der Waals surface area contributed by atoms with Crippen LogP contribution in [0.2, 0.25) is 0 Å². The molecule has 7 heteroatoms. The van der Waals surface area contributed by atoms with E-state index in [1.807, 2.05) is 54.6 Å². The number of fused-ring (bicyclic) bond motifs is 3. The monoisotopic (exact) mass is 543 g/mol. The molecule has 158 valence electrons. The van der Waals surface area contributed by atoms with Crippen LogP contribution in [0.5, 0.6) is 0 Å². The number of carbonyl (C=O) groups excluding carboxylic acids is 1. The number of aliphatic carboxylic acids is 1. The standard InChI is InChI=1S/C24H19Br2NO4/c25-15-9-14(10-16(26)12-15)11-22(23(28)29)27-24(30)31-13-21-19-7-3-1-5-17(19)18-6-2-4-8-20(18)21/h1-10,12,21-22H,11,13H2,(H,27,30)(H,28,29)/t22-/m1/s1. The predicted molar refractivity (Wildman–Crippen MR) is 125 cm³/mol. The second-order valence-electron chi connectivity index (χ2n) is 7.34. The van der Waals surface area contributed by atoms with Crippen LogP contribution >= 0.6 is 31.9 Å². The molecular weight excluding hydrogens is 526 g/mol. The molecule has 0 saturated heterocycles. The number of carboxylic acids is 1. The average Bonchev–Trinajstić information content (AvgIpc) is 3.05. The van der Waals surface area contributed by atoms with Gasteiger partial charge in [0.2, 0.25) is 0 Å². The Morgan fingerprint density at radius 2 is 1.48 bits per heavy atom. The minimum atomic E-state index is -1.12. The second-order valence-corrected chi connectivity index (χ2v) is 9.17. The van der Waals surface area contributed by atoms with Gasteiger partial charge in [-0.15, -0.1) is 0 Å². The van der Waals surface area contributed by atoms with Crippen molar-refractivity contribution in [2.24, 2.45) is 0 Å². The maximum atomic E-state index is 12.4. The first-order chi connectivity index (χ1) is 14.9. The molecule has 0 heterocycles. The Labute approximate surface area is 196 Å². The fourth-order valence-electron chi connectivity index (χ4n) is 3.95. The lowest BCUT2D eigenvalue weighted by Crippen LogP contribution is -2.42. The summed E-state index contributed by atoms with van der Waals surface area (Å²) in [6, 6.07) is 20.5. The third-order valence-electron chi connectivity index (χ3n) is 5.30. The van der Waals surface area contributed by atoms with Crippen LogP contribution in [0.1, 0.15) is 22.6 Å². The number of amides is 1. The minimum Gasteiger partial charge on any atom is -0.480 e. The van der Waals surface area contributed by atoms with E-state index in [0.29, 0.717) is 0 Å². The van der Waals surface area contributed by atoms with E-state index in [-0.39, 0.29) is 18.9 Å². The van der Waals surface area contributed by atoms with Crippen molar-refractivity contribution in [3.8, 4) is 11.1 Å². The fraction of sp³-hybridized carbons (Fsp3) is 0.167. The van der Waals surface area contributed by atoms with Crippen molar-refractivity contribution >= 4 is 43.9 Å². The summed E-state index contributed by atoms with van der Waals surface area (Å²) in [5.41, 5.74) is 5.25. The summed E-state index contributed by atoms with van der Waals surface area (Å²) >= 11 is 6.78. The number of rotatable bonds is 6. The first kappa shape index (κ1) is 21.6. The molecule has 0 spiro atoms. The summed E-state index contributed by atoms with van der Waals surface area (Å²) in [4.78, 5) is 24.2. The van der Waals surface area contributed by atoms with Gasteiger partial charge in [0, 0.05) is 21.3 Å². The number of hydrogen-bond donors (Lipinski definition) is 2. The minimum absolute atomic E-state index is 0.0811. The molecule has 0 bridgehead atoms. The van der Waals surface area contributed by atoms with Crippen LogP contribution in [0, 0.1) is 0 Å². The molecule has 0 saturated carbocycles. The molecule has 3 aromatic rings. The average molecular weight is 545 g/mol. The van der Waals surface area contributed by atoms with Crippen molar-refractivity contribution in [2.45, 2.75) is 18.4 Å². The van der Waals surface area contributed by atoms with Crippen LogP contribution in [0.4, 0.5) is 4.79 Å². The normalized spacial score (nSPS) is 13.2. The number of nitrogens with one attached hydrogen (secondary N) is 1. The Morgan fingerprint density at radius 3 is 2.03 bits per heavy atom. The number of carboxylic acid groups (broad SMARTS) is 1. The SMILES string of the molecule is O=C(N[C@H](Cc1cc(Br)cc(Br)c1)C(=O)O)OCC1c2ccccc2-c2ccccc21. The maximum absolute atomic E-state index is 12.4. The summed E-state index contributed by atoms with van der Waals surface area (Å²) in [7, 11) is 0. The summed E-state index contributed by atoms with van der Waals surface area (Å²) in [6.45, 7) is 0.134. The smallest absolute Gasteiger partial charge is 0.407 e. The van der Waals surface area contributed by atoms with Gasteiger partial charge in [0.1, 0.15) is 12.6 Å². The Morgan fingerprint density at radius 1 is 0.935 bits per heavy atom. The Balaban J connectivity index is 1.44. The van der Waals surface area contributed by atoms with Crippen molar-refractivity contribution in [1.29, 1.82) is 0 Å². The van der Waals surface area contributed by atoms with E-state index in [9.17, 15) is 14.7 Å². The highest BCUT2D eigenvalue weighted by atomic mass is 79.9. The van der Waals surface area contributed by atoms with Gasteiger partial charge in [-0.2, -0.15) is 0 Å². The molecule has 0 aromatic heterocycles. The van der Waals surface area contributed by atoms with Crippen molar-refractivity contribution in [2.75, 3.05) is 6.61 Å². The Hall–Kier alpha value is -2.64. The molecule has 31 heavy (non-hydrogen) atoms. The third kappa shape index (κ3) is 4.83. The molecule has 5 nitrogen and oxygen atoms in total. The second kappa shape index (κ2) is 9.24. The molecule has 4 rings (SSSR count). The molecule has 1 aliphatic rings. The molecule has 1 atom stereocenters. The number of halogens is 2. The topological polar surface area (TPSA) is 75.6 Å². The third-order valence-corrected chi connectivity index (χ3v) is 6.21. The number of ether oxygens (including phenoxy) is 1. The molecule has 3 aromatic carbocycles. The van der Waals surface area contributed by atoms with E-state index in [0.717, 1.165) is 36.8 Å². The quantitative estimate of drug-likeness (QED) is 0.414. The lowest BCUT2D eigenvalue weighted by Gasteiger charge is -2.18. The van der Waals surface area contributed by atoms with Crippen molar-refractivity contribution in [1.82, 2.24) is 5.32 Å². The van der Waals surface area contributed by atoms with Crippen molar-refractivity contribution in [3.05, 3.63) is 92.4 Å². The van der Waals surface area contributed by atoms with Crippen LogP contribution in [0.3, 0.4) is 0 Å². The summed E-state index contributed by atoms with van der Waals surface area (Å²) in [6.07, 6.45) is -0.610. The number of benzene rings is 3. The van der Waals surface area contributed by atoms with Crippen LogP contribution in [-0.4, -0.2) is 29.8 Å². The molecule has 0 aliphatic heterocycles. The highest BCUT2D eigenvalue weighted by Crippen LogP contribution is 2.44. The largest absolute Gasteiger partial charge is 0.480 e. The molecule has 1 aliphatic carbocycles. The zero-order valence-electron chi connectivity index (χ0n) is 16.3. The molecule has 2 N–H and O–H groups in total. The molecule has 0 fully saturated rings. The van der Waals surface area contributed by atoms with Crippen LogP contribution < -0.4 is 5.32 Å². The van der Waals surface area contributed by atoms with E-state index in [1.54, 1.807) is 0 Å². The molecular formula is C24H19Br2NO4. The van der Waals surface area contributed by atoms with Gasteiger partial charge in [0.05, 0.1) is 0 Å². The number of alkyl carbamates (subject to hydrolysis) is 1. The van der Waals surface area contributed by atoms with Crippen molar-refractivity contribution < 1.29 is 19.4 Å². The van der Waals surface area contributed by atoms with Gasteiger partial charge >= 0.3 is 12.1 Å². The summed E-state index contributed by atoms with van der Waals surface area (Å²) in [5, 5.41) is 12.1. The van der Waals surface area contributed by atoms with Gasteiger partial charge in [-0.05, 0) is 46.0 Å². The molecule has 0 radical (unpaired) electrons. The van der Waals surface area contributed by atoms with Gasteiger partial charge in [0.15, 0.2) is 0 Å².